The molecule has 2 heterocycles. The third-order valence-electron chi connectivity index (χ3n) is 4.98. The molecule has 1 fully saturated rings. The monoisotopic (exact) mass is 428 g/mol. The number of likely N-dealkylation sites (tertiary alicyclic amines) is 1. The first-order valence-electron chi connectivity index (χ1n) is 9.60. The van der Waals surface area contributed by atoms with Crippen LogP contribution in [-0.2, 0) is 11.4 Å². The zero-order chi connectivity index (χ0) is 20.9. The van der Waals surface area contributed by atoms with Gasteiger partial charge >= 0.3 is 6.09 Å². The molecule has 156 valence electrons. The van der Waals surface area contributed by atoms with E-state index in [1.807, 2.05) is 30.3 Å². The summed E-state index contributed by atoms with van der Waals surface area (Å²) in [7, 11) is 0. The lowest BCUT2D eigenvalue weighted by atomic mass is 9.99. The van der Waals surface area contributed by atoms with Crippen LogP contribution in [0.1, 0.15) is 30.3 Å². The summed E-state index contributed by atoms with van der Waals surface area (Å²) in [5.74, 6) is 0.615. The third-order valence-corrected chi connectivity index (χ3v) is 5.23. The van der Waals surface area contributed by atoms with Crippen LogP contribution in [0.3, 0.4) is 0 Å². The first-order chi connectivity index (χ1) is 14.6. The van der Waals surface area contributed by atoms with E-state index in [1.54, 1.807) is 24.3 Å². The van der Waals surface area contributed by atoms with Crippen molar-refractivity contribution in [2.24, 2.45) is 0 Å². The lowest BCUT2D eigenvalue weighted by Gasteiger charge is -2.36. The van der Waals surface area contributed by atoms with Gasteiger partial charge in [0.05, 0.1) is 12.6 Å². The fraction of sp³-hybridized carbons (Fsp3) is 0.286. The van der Waals surface area contributed by atoms with Gasteiger partial charge in [-0.15, -0.1) is 10.2 Å². The molecule has 0 aliphatic carbocycles. The average Bonchev–Trinajstić information content (AvgIpc) is 3.25. The number of benzene rings is 2. The van der Waals surface area contributed by atoms with E-state index in [0.717, 1.165) is 11.1 Å². The number of carbonyl (C=O) groups is 1. The van der Waals surface area contributed by atoms with Crippen molar-refractivity contribution >= 4 is 17.7 Å². The van der Waals surface area contributed by atoms with Gasteiger partial charge in [0.15, 0.2) is 0 Å². The molecule has 1 saturated heterocycles. The molecule has 0 saturated carbocycles. The van der Waals surface area contributed by atoms with Crippen LogP contribution in [0.15, 0.2) is 59.0 Å². The predicted octanol–water partition coefficient (Wildman–Crippen LogP) is 4.29. The van der Waals surface area contributed by atoms with E-state index >= 15 is 0 Å². The smallest absolute Gasteiger partial charge is 0.408 e. The van der Waals surface area contributed by atoms with Crippen LogP contribution in [-0.4, -0.2) is 38.9 Å². The Morgan fingerprint density at radius 2 is 1.93 bits per heavy atom. The minimum absolute atomic E-state index is 0.125. The van der Waals surface area contributed by atoms with Gasteiger partial charge in [0.1, 0.15) is 6.04 Å². The summed E-state index contributed by atoms with van der Waals surface area (Å²) >= 11 is 5.91. The Morgan fingerprint density at radius 1 is 1.17 bits per heavy atom. The molecular formula is C21H21ClN4O4. The molecule has 1 aliphatic rings. The van der Waals surface area contributed by atoms with E-state index in [9.17, 15) is 9.90 Å². The highest BCUT2D eigenvalue weighted by molar-refractivity contribution is 6.30. The molecule has 2 atom stereocenters. The van der Waals surface area contributed by atoms with E-state index in [2.05, 4.69) is 15.7 Å². The zero-order valence-electron chi connectivity index (χ0n) is 16.1. The van der Waals surface area contributed by atoms with E-state index in [-0.39, 0.29) is 18.5 Å². The number of nitrogens with zero attached hydrogens (tertiary/aromatic N) is 3. The van der Waals surface area contributed by atoms with Crippen LogP contribution >= 0.6 is 11.6 Å². The van der Waals surface area contributed by atoms with Gasteiger partial charge < -0.3 is 9.52 Å². The number of halogens is 1. The van der Waals surface area contributed by atoms with Crippen molar-refractivity contribution in [2.45, 2.75) is 31.5 Å². The summed E-state index contributed by atoms with van der Waals surface area (Å²) in [6.07, 6.45) is 0.212. The second kappa shape index (κ2) is 9.25. The SMILES string of the molecule is O=C(O)N1C[C@H](NOCc2ccccc2)CC[C@@H]1c1nnc(-c2ccc(Cl)cc2)o1. The Morgan fingerprint density at radius 3 is 2.67 bits per heavy atom. The molecule has 1 aliphatic heterocycles. The van der Waals surface area contributed by atoms with Gasteiger partial charge in [0, 0.05) is 17.1 Å². The minimum atomic E-state index is -1.04. The Hall–Kier alpha value is -2.94. The molecule has 3 aromatic rings. The zero-order valence-corrected chi connectivity index (χ0v) is 16.8. The van der Waals surface area contributed by atoms with Gasteiger partial charge in [-0.3, -0.25) is 9.74 Å². The number of amides is 1. The number of hydrogen-bond acceptors (Lipinski definition) is 6. The summed E-state index contributed by atoms with van der Waals surface area (Å²) in [4.78, 5) is 18.7. The van der Waals surface area contributed by atoms with E-state index in [0.29, 0.717) is 30.4 Å². The van der Waals surface area contributed by atoms with Gasteiger partial charge in [0.2, 0.25) is 11.8 Å². The molecule has 0 bridgehead atoms. The van der Waals surface area contributed by atoms with Crippen LogP contribution in [0.25, 0.3) is 11.5 Å². The van der Waals surface area contributed by atoms with Crippen LogP contribution in [0.4, 0.5) is 4.79 Å². The summed E-state index contributed by atoms with van der Waals surface area (Å²) in [6, 6.07) is 16.2. The largest absolute Gasteiger partial charge is 0.465 e. The Kier molecular flexibility index (Phi) is 6.27. The standard InChI is InChI=1S/C21H21ClN4O4/c22-16-8-6-15(7-9-16)19-23-24-20(30-19)18-11-10-17(12-26(18)21(27)28)25-29-13-14-4-2-1-3-5-14/h1-9,17-18,25H,10-13H2,(H,27,28)/t17-,18-/m1/s1. The van der Waals surface area contributed by atoms with Crippen LogP contribution in [0, 0.1) is 0 Å². The fourth-order valence-corrected chi connectivity index (χ4v) is 3.56. The third kappa shape index (κ3) is 4.79. The Labute approximate surface area is 178 Å². The van der Waals surface area contributed by atoms with E-state index in [4.69, 9.17) is 20.9 Å². The number of hydroxylamine groups is 1. The molecule has 1 aromatic heterocycles. The molecular weight excluding hydrogens is 408 g/mol. The van der Waals surface area contributed by atoms with Crippen molar-refractivity contribution in [3.05, 3.63) is 71.1 Å². The van der Waals surface area contributed by atoms with Crippen LogP contribution < -0.4 is 5.48 Å². The van der Waals surface area contributed by atoms with Crippen LogP contribution in [0.2, 0.25) is 5.02 Å². The molecule has 0 unspecified atom stereocenters. The number of rotatable bonds is 6. The number of piperidine rings is 1. The number of aromatic nitrogens is 2. The van der Waals surface area contributed by atoms with Crippen molar-refractivity contribution in [1.29, 1.82) is 0 Å². The molecule has 2 N–H and O–H groups in total. The highest BCUT2D eigenvalue weighted by Gasteiger charge is 2.36. The van der Waals surface area contributed by atoms with E-state index in [1.165, 1.54) is 4.90 Å². The van der Waals surface area contributed by atoms with E-state index < -0.39 is 12.1 Å². The number of carboxylic acid groups (broad SMARTS) is 1. The fourth-order valence-electron chi connectivity index (χ4n) is 3.43. The van der Waals surface area contributed by atoms with Gasteiger partial charge in [-0.1, -0.05) is 41.9 Å². The predicted molar refractivity (Wildman–Crippen MR) is 110 cm³/mol. The summed E-state index contributed by atoms with van der Waals surface area (Å²) in [6.45, 7) is 0.662. The van der Waals surface area contributed by atoms with Crippen molar-refractivity contribution in [3.8, 4) is 11.5 Å². The second-order valence-electron chi connectivity index (χ2n) is 7.07. The highest BCUT2D eigenvalue weighted by atomic mass is 35.5. The minimum Gasteiger partial charge on any atom is -0.465 e. The lowest BCUT2D eigenvalue weighted by Crippen LogP contribution is -2.49. The maximum absolute atomic E-state index is 11.8. The average molecular weight is 429 g/mol. The van der Waals surface area contributed by atoms with Gasteiger partial charge in [-0.2, -0.15) is 5.48 Å². The van der Waals surface area contributed by atoms with Gasteiger partial charge in [0.25, 0.3) is 0 Å². The lowest BCUT2D eigenvalue weighted by molar-refractivity contribution is -0.0229. The van der Waals surface area contributed by atoms with Crippen molar-refractivity contribution in [2.75, 3.05) is 6.54 Å². The normalized spacial score (nSPS) is 19.0. The molecule has 0 radical (unpaired) electrons. The molecule has 4 rings (SSSR count). The first-order valence-corrected chi connectivity index (χ1v) is 9.98. The highest BCUT2D eigenvalue weighted by Crippen LogP contribution is 2.32. The van der Waals surface area contributed by atoms with Crippen LogP contribution in [0.5, 0.6) is 0 Å². The molecule has 9 heteroatoms. The van der Waals surface area contributed by atoms with Crippen molar-refractivity contribution < 1.29 is 19.2 Å². The van der Waals surface area contributed by atoms with Crippen molar-refractivity contribution in [1.82, 2.24) is 20.6 Å². The number of hydrogen-bond donors (Lipinski definition) is 2. The molecule has 0 spiro atoms. The van der Waals surface area contributed by atoms with Crippen molar-refractivity contribution in [3.63, 3.8) is 0 Å². The summed E-state index contributed by atoms with van der Waals surface area (Å²) in [5.41, 5.74) is 4.74. The second-order valence-corrected chi connectivity index (χ2v) is 7.51. The summed E-state index contributed by atoms with van der Waals surface area (Å²) < 4.78 is 5.78. The summed E-state index contributed by atoms with van der Waals surface area (Å²) in [5, 5.41) is 18.5. The molecule has 1 amide bonds. The molecule has 30 heavy (non-hydrogen) atoms. The topological polar surface area (TPSA) is 101 Å². The number of nitrogens with one attached hydrogen (secondary N) is 1. The molecule has 8 nitrogen and oxygen atoms in total. The molecule has 2 aromatic carbocycles. The van der Waals surface area contributed by atoms with Gasteiger partial charge in [-0.25, -0.2) is 4.79 Å². The first kappa shape index (κ1) is 20.3. The van der Waals surface area contributed by atoms with Gasteiger partial charge in [-0.05, 0) is 42.7 Å². The Balaban J connectivity index is 1.39. The maximum Gasteiger partial charge on any atom is 0.408 e. The Bertz CT molecular complexity index is 980. The quantitative estimate of drug-likeness (QED) is 0.564. The maximum atomic E-state index is 11.8.